The maximum absolute atomic E-state index is 12.3. The predicted molar refractivity (Wildman–Crippen MR) is 71.0 cm³/mol. The Morgan fingerprint density at radius 1 is 1.00 bits per heavy atom. The van der Waals surface area contributed by atoms with E-state index >= 15 is 0 Å². The van der Waals surface area contributed by atoms with Crippen molar-refractivity contribution in [3.63, 3.8) is 0 Å². The Bertz CT molecular complexity index is 332. The molecule has 0 aromatic heterocycles. The van der Waals surface area contributed by atoms with Crippen molar-refractivity contribution in [2.45, 2.75) is 19.8 Å². The number of aliphatic carboxylic acids is 1. The van der Waals surface area contributed by atoms with Gasteiger partial charge in [0.15, 0.2) is 0 Å². The normalized spacial score (nSPS) is 22.6. The third kappa shape index (κ3) is 3.83. The first-order valence-corrected chi connectivity index (χ1v) is 7.04. The predicted octanol–water partition coefficient (Wildman–Crippen LogP) is 0.540. The molecular formula is C13H23N3O3. The minimum absolute atomic E-state index is 0.0727. The van der Waals surface area contributed by atoms with Gasteiger partial charge in [0.2, 0.25) is 0 Å². The lowest BCUT2D eigenvalue weighted by atomic mass is 9.99. The van der Waals surface area contributed by atoms with Crippen molar-refractivity contribution >= 4 is 12.0 Å². The first-order chi connectivity index (χ1) is 9.06. The number of likely N-dealkylation sites (tertiary alicyclic amines) is 1. The van der Waals surface area contributed by atoms with Gasteiger partial charge in [-0.2, -0.15) is 0 Å². The number of carboxylic acid groups (broad SMARTS) is 1. The molecule has 2 heterocycles. The van der Waals surface area contributed by atoms with Crippen LogP contribution >= 0.6 is 0 Å². The third-order valence-electron chi connectivity index (χ3n) is 4.06. The number of carboxylic acids is 1. The quantitative estimate of drug-likeness (QED) is 0.794. The number of rotatable bonds is 2. The molecule has 2 saturated heterocycles. The zero-order valence-electron chi connectivity index (χ0n) is 11.5. The number of hydrogen-bond acceptors (Lipinski definition) is 3. The van der Waals surface area contributed by atoms with Crippen LogP contribution in [0.15, 0.2) is 0 Å². The van der Waals surface area contributed by atoms with Crippen molar-refractivity contribution in [1.29, 1.82) is 0 Å². The lowest BCUT2D eigenvalue weighted by Gasteiger charge is -2.39. The number of piperazine rings is 1. The number of carbonyl (C=O) groups excluding carboxylic acids is 1. The largest absolute Gasteiger partial charge is 0.480 e. The molecule has 0 bridgehead atoms. The Balaban J connectivity index is 1.77. The molecule has 0 aromatic carbocycles. The van der Waals surface area contributed by atoms with Crippen LogP contribution in [-0.4, -0.2) is 77.6 Å². The molecule has 0 radical (unpaired) electrons. The van der Waals surface area contributed by atoms with E-state index in [-0.39, 0.29) is 12.6 Å². The Hall–Kier alpha value is -1.30. The van der Waals surface area contributed by atoms with Crippen molar-refractivity contribution in [3.05, 3.63) is 0 Å². The fourth-order valence-corrected chi connectivity index (χ4v) is 2.69. The molecule has 0 aliphatic carbocycles. The van der Waals surface area contributed by atoms with E-state index in [2.05, 4.69) is 6.92 Å². The van der Waals surface area contributed by atoms with Crippen LogP contribution in [0.4, 0.5) is 4.79 Å². The first-order valence-electron chi connectivity index (χ1n) is 7.04. The number of piperidine rings is 1. The van der Waals surface area contributed by atoms with Crippen LogP contribution in [0.3, 0.4) is 0 Å². The Morgan fingerprint density at radius 3 is 2.05 bits per heavy atom. The fraction of sp³-hybridized carbons (Fsp3) is 0.846. The molecule has 6 heteroatoms. The zero-order valence-corrected chi connectivity index (χ0v) is 11.5. The van der Waals surface area contributed by atoms with Crippen molar-refractivity contribution in [3.8, 4) is 0 Å². The van der Waals surface area contributed by atoms with Gasteiger partial charge in [-0.05, 0) is 18.8 Å². The molecule has 108 valence electrons. The summed E-state index contributed by atoms with van der Waals surface area (Å²) in [7, 11) is 0. The van der Waals surface area contributed by atoms with Crippen molar-refractivity contribution in [2.24, 2.45) is 5.92 Å². The van der Waals surface area contributed by atoms with E-state index in [4.69, 9.17) is 5.11 Å². The number of amides is 2. The molecule has 2 aliphatic rings. The topological polar surface area (TPSA) is 64.1 Å². The van der Waals surface area contributed by atoms with Gasteiger partial charge < -0.3 is 14.9 Å². The van der Waals surface area contributed by atoms with Crippen molar-refractivity contribution < 1.29 is 14.7 Å². The van der Waals surface area contributed by atoms with E-state index in [1.54, 1.807) is 0 Å². The zero-order chi connectivity index (χ0) is 13.8. The molecule has 0 unspecified atom stereocenters. The summed E-state index contributed by atoms with van der Waals surface area (Å²) in [5.41, 5.74) is 0. The number of urea groups is 1. The maximum atomic E-state index is 12.3. The first kappa shape index (κ1) is 14.1. The second kappa shape index (κ2) is 6.23. The van der Waals surface area contributed by atoms with Crippen molar-refractivity contribution in [1.82, 2.24) is 14.7 Å². The van der Waals surface area contributed by atoms with E-state index in [1.165, 1.54) is 0 Å². The van der Waals surface area contributed by atoms with Gasteiger partial charge in [0.1, 0.15) is 0 Å². The van der Waals surface area contributed by atoms with E-state index < -0.39 is 5.97 Å². The molecule has 2 rings (SSSR count). The van der Waals surface area contributed by atoms with Gasteiger partial charge >= 0.3 is 12.0 Å². The Kier molecular flexibility index (Phi) is 4.63. The number of nitrogens with zero attached hydrogens (tertiary/aromatic N) is 3. The molecule has 2 aliphatic heterocycles. The van der Waals surface area contributed by atoms with E-state index in [0.717, 1.165) is 31.8 Å². The van der Waals surface area contributed by atoms with Gasteiger partial charge in [-0.25, -0.2) is 4.79 Å². The molecule has 0 atom stereocenters. The smallest absolute Gasteiger partial charge is 0.320 e. The summed E-state index contributed by atoms with van der Waals surface area (Å²) in [6, 6.07) is 0.127. The van der Waals surface area contributed by atoms with E-state index in [9.17, 15) is 9.59 Å². The van der Waals surface area contributed by atoms with Crippen LogP contribution in [0.1, 0.15) is 19.8 Å². The Labute approximate surface area is 114 Å². The SMILES string of the molecule is CC1CCN(C(=O)N2CCN(CC(=O)O)CC2)CC1. The summed E-state index contributed by atoms with van der Waals surface area (Å²) in [6.45, 7) is 6.60. The lowest BCUT2D eigenvalue weighted by Crippen LogP contribution is -2.54. The van der Waals surface area contributed by atoms with E-state index in [1.807, 2.05) is 14.7 Å². The monoisotopic (exact) mass is 269 g/mol. The summed E-state index contributed by atoms with van der Waals surface area (Å²) in [4.78, 5) is 28.6. The van der Waals surface area contributed by atoms with E-state index in [0.29, 0.717) is 26.2 Å². The highest BCUT2D eigenvalue weighted by molar-refractivity contribution is 5.74. The second-order valence-electron chi connectivity index (χ2n) is 5.61. The molecule has 2 amide bonds. The molecule has 0 aromatic rings. The summed E-state index contributed by atoms with van der Waals surface area (Å²) in [5, 5.41) is 8.74. The van der Waals surface area contributed by atoms with Crippen LogP contribution in [-0.2, 0) is 4.79 Å². The molecule has 6 nitrogen and oxygen atoms in total. The summed E-state index contributed by atoms with van der Waals surface area (Å²) >= 11 is 0. The minimum atomic E-state index is -0.801. The maximum Gasteiger partial charge on any atom is 0.320 e. The molecule has 2 fully saturated rings. The van der Waals surface area contributed by atoms with Crippen LogP contribution < -0.4 is 0 Å². The molecule has 1 N–H and O–H groups in total. The fourth-order valence-electron chi connectivity index (χ4n) is 2.69. The highest BCUT2D eigenvalue weighted by Crippen LogP contribution is 2.17. The van der Waals surface area contributed by atoms with Gasteiger partial charge in [0.25, 0.3) is 0 Å². The number of carbonyl (C=O) groups is 2. The van der Waals surface area contributed by atoms with Crippen LogP contribution in [0, 0.1) is 5.92 Å². The van der Waals surface area contributed by atoms with Gasteiger partial charge in [0, 0.05) is 39.3 Å². The lowest BCUT2D eigenvalue weighted by molar-refractivity contribution is -0.138. The highest BCUT2D eigenvalue weighted by Gasteiger charge is 2.27. The van der Waals surface area contributed by atoms with Gasteiger partial charge in [0.05, 0.1) is 6.54 Å². The van der Waals surface area contributed by atoms with Crippen LogP contribution in [0.25, 0.3) is 0 Å². The standard InChI is InChI=1S/C13H23N3O3/c1-11-2-4-15(5-3-11)13(19)16-8-6-14(7-9-16)10-12(17)18/h11H,2-10H2,1H3,(H,17,18). The molecular weight excluding hydrogens is 246 g/mol. The van der Waals surface area contributed by atoms with Gasteiger partial charge in [-0.1, -0.05) is 6.92 Å². The van der Waals surface area contributed by atoms with Gasteiger partial charge in [-0.3, -0.25) is 9.69 Å². The molecule has 0 spiro atoms. The summed E-state index contributed by atoms with van der Waals surface area (Å²) in [5.74, 6) is -0.0822. The summed E-state index contributed by atoms with van der Waals surface area (Å²) in [6.07, 6.45) is 2.18. The van der Waals surface area contributed by atoms with Gasteiger partial charge in [-0.15, -0.1) is 0 Å². The van der Waals surface area contributed by atoms with Crippen LogP contribution in [0.5, 0.6) is 0 Å². The number of hydrogen-bond donors (Lipinski definition) is 1. The average Bonchev–Trinajstić information content (AvgIpc) is 2.39. The Morgan fingerprint density at radius 2 is 1.53 bits per heavy atom. The molecule has 19 heavy (non-hydrogen) atoms. The minimum Gasteiger partial charge on any atom is -0.480 e. The van der Waals surface area contributed by atoms with Crippen LogP contribution in [0.2, 0.25) is 0 Å². The summed E-state index contributed by atoms with van der Waals surface area (Å²) < 4.78 is 0. The third-order valence-corrected chi connectivity index (χ3v) is 4.06. The second-order valence-corrected chi connectivity index (χ2v) is 5.61. The molecule has 0 saturated carbocycles. The van der Waals surface area contributed by atoms with Crippen molar-refractivity contribution in [2.75, 3.05) is 45.8 Å². The highest BCUT2D eigenvalue weighted by atomic mass is 16.4. The average molecular weight is 269 g/mol.